The van der Waals surface area contributed by atoms with Gasteiger partial charge in [0.1, 0.15) is 0 Å². The Balaban J connectivity index is 1.31. The van der Waals surface area contributed by atoms with E-state index in [1.54, 1.807) is 17.5 Å². The van der Waals surface area contributed by atoms with Gasteiger partial charge < -0.3 is 15.5 Å². The van der Waals surface area contributed by atoms with Crippen LogP contribution < -0.4 is 0 Å². The fourth-order valence-corrected chi connectivity index (χ4v) is 5.63. The fraction of sp³-hybridized carbons (Fsp3) is 0.0323. The van der Waals surface area contributed by atoms with Crippen LogP contribution in [0.5, 0.6) is 0 Å². The molecule has 2 aromatic carbocycles. The molecular formula is C31H20N3O4S-. The third-order valence-corrected chi connectivity index (χ3v) is 7.53. The molecule has 0 spiro atoms. The fourth-order valence-electron chi connectivity index (χ4n) is 4.48. The van der Waals surface area contributed by atoms with Crippen molar-refractivity contribution in [2.75, 3.05) is 0 Å². The van der Waals surface area contributed by atoms with Crippen LogP contribution in [-0.2, 0) is 0 Å². The number of hydrogen-bond donors (Lipinski definition) is 2. The van der Waals surface area contributed by atoms with Crippen molar-refractivity contribution >= 4 is 49.5 Å². The van der Waals surface area contributed by atoms with Crippen LogP contribution in [0.2, 0.25) is 0 Å². The molecule has 0 saturated heterocycles. The number of carboxylic acids is 2. The van der Waals surface area contributed by atoms with Crippen molar-refractivity contribution in [3.63, 3.8) is 0 Å². The minimum atomic E-state index is -1.12. The summed E-state index contributed by atoms with van der Waals surface area (Å²) in [5.74, 6) is -2.23. The first-order chi connectivity index (χ1) is 18.9. The second-order valence-corrected chi connectivity index (χ2v) is 10.1. The molecule has 0 saturated carbocycles. The van der Waals surface area contributed by atoms with E-state index in [1.165, 1.54) is 50.6 Å². The summed E-state index contributed by atoms with van der Waals surface area (Å²) in [6.07, 6.45) is 10.9. The van der Waals surface area contributed by atoms with E-state index >= 15 is 0 Å². The highest BCUT2D eigenvalue weighted by Crippen LogP contribution is 2.35. The van der Waals surface area contributed by atoms with E-state index in [-0.39, 0.29) is 22.5 Å². The summed E-state index contributed by atoms with van der Waals surface area (Å²) in [6.45, 7) is 0. The van der Waals surface area contributed by atoms with Crippen LogP contribution in [0.3, 0.4) is 0 Å². The molecule has 0 bridgehead atoms. The van der Waals surface area contributed by atoms with Crippen LogP contribution in [0.1, 0.15) is 38.0 Å². The quantitative estimate of drug-likeness (QED) is 0.235. The summed E-state index contributed by atoms with van der Waals surface area (Å²) in [7, 11) is 0. The molecule has 2 N–H and O–H groups in total. The molecule has 39 heavy (non-hydrogen) atoms. The molecule has 6 rings (SSSR count). The van der Waals surface area contributed by atoms with Crippen molar-refractivity contribution in [2.45, 2.75) is 6.04 Å². The lowest BCUT2D eigenvalue weighted by Crippen LogP contribution is -2.06. The molecule has 1 aliphatic heterocycles. The van der Waals surface area contributed by atoms with Crippen LogP contribution in [-0.4, -0.2) is 32.1 Å². The molecular weight excluding hydrogens is 510 g/mol. The lowest BCUT2D eigenvalue weighted by atomic mass is 10.0. The van der Waals surface area contributed by atoms with Gasteiger partial charge in [-0.1, -0.05) is 60.7 Å². The number of carbonyl (C=O) groups is 2. The molecule has 0 amide bonds. The summed E-state index contributed by atoms with van der Waals surface area (Å²) < 4.78 is 2.48. The number of carboxylic acid groups (broad SMARTS) is 2. The van der Waals surface area contributed by atoms with Gasteiger partial charge in [-0.25, -0.2) is 9.59 Å². The smallest absolute Gasteiger partial charge is 0.335 e. The van der Waals surface area contributed by atoms with Crippen molar-refractivity contribution in [1.29, 1.82) is 0 Å². The van der Waals surface area contributed by atoms with Crippen LogP contribution in [0.25, 0.3) is 43.0 Å². The van der Waals surface area contributed by atoms with Gasteiger partial charge in [0.25, 0.3) is 0 Å². The Hall–Kier alpha value is -5.08. The van der Waals surface area contributed by atoms with E-state index in [9.17, 15) is 19.8 Å². The maximum absolute atomic E-state index is 11.9. The molecule has 1 atom stereocenters. The van der Waals surface area contributed by atoms with Gasteiger partial charge in [0.15, 0.2) is 0 Å². The Morgan fingerprint density at radius 3 is 2.49 bits per heavy atom. The Bertz CT molecular complexity index is 1870. The molecule has 1 aliphatic rings. The average Bonchev–Trinajstić information content (AvgIpc) is 3.34. The molecule has 0 aliphatic carbocycles. The van der Waals surface area contributed by atoms with Gasteiger partial charge in [-0.2, -0.15) is 6.20 Å². The van der Waals surface area contributed by atoms with Crippen LogP contribution in [0.15, 0.2) is 103 Å². The van der Waals surface area contributed by atoms with Gasteiger partial charge in [0.05, 0.1) is 22.5 Å². The molecule has 5 aromatic rings. The highest BCUT2D eigenvalue weighted by molar-refractivity contribution is 7.25. The van der Waals surface area contributed by atoms with Gasteiger partial charge in [-0.05, 0) is 47.5 Å². The largest absolute Gasteiger partial charge is 0.680 e. The molecule has 0 fully saturated rings. The lowest BCUT2D eigenvalue weighted by molar-refractivity contribution is 0.0685. The lowest BCUT2D eigenvalue weighted by Gasteiger charge is -2.30. The maximum Gasteiger partial charge on any atom is 0.335 e. The first kappa shape index (κ1) is 24.3. The zero-order chi connectivity index (χ0) is 26.9. The van der Waals surface area contributed by atoms with Crippen LogP contribution in [0, 0.1) is 0 Å². The third-order valence-electron chi connectivity index (χ3n) is 6.40. The SMILES string of the molecule is O=C(O)c1ccnc(-c2cc(C(=O)O)cc(C3C=C(/C=C/c4ccc5c(c4)sc4ccccc45)C=C[N-]3)n2)c1. The van der Waals surface area contributed by atoms with E-state index in [1.807, 2.05) is 24.3 Å². The Kier molecular flexibility index (Phi) is 6.22. The monoisotopic (exact) mass is 530 g/mol. The number of pyridine rings is 2. The number of rotatable bonds is 6. The molecule has 190 valence electrons. The second-order valence-electron chi connectivity index (χ2n) is 8.97. The van der Waals surface area contributed by atoms with Crippen molar-refractivity contribution in [3.8, 4) is 11.4 Å². The number of benzene rings is 2. The van der Waals surface area contributed by atoms with E-state index in [4.69, 9.17) is 0 Å². The highest BCUT2D eigenvalue weighted by Gasteiger charge is 2.15. The maximum atomic E-state index is 11.9. The standard InChI is InChI=1S/C31H20N3O4S/c35-30(36)20-10-12-33-25(15-20)27-17-21(31(37)38)16-26(34-27)24-13-19(9-11-32-24)6-5-18-7-8-23-22-3-1-2-4-28(22)39-29(23)14-18/h1-17,24H,(H,35,36)(H,37,38)/q-1/b6-5+. The zero-order valence-electron chi connectivity index (χ0n) is 20.4. The predicted molar refractivity (Wildman–Crippen MR) is 153 cm³/mol. The Labute approximate surface area is 227 Å². The van der Waals surface area contributed by atoms with E-state index < -0.39 is 18.0 Å². The second kappa shape index (κ2) is 10.00. The number of allylic oxidation sites excluding steroid dienone is 3. The first-order valence-corrected chi connectivity index (χ1v) is 12.9. The summed E-state index contributed by atoms with van der Waals surface area (Å²) >= 11 is 1.77. The van der Waals surface area contributed by atoms with Gasteiger partial charge in [-0.3, -0.25) is 9.97 Å². The van der Waals surface area contributed by atoms with Crippen molar-refractivity contribution in [3.05, 3.63) is 131 Å². The van der Waals surface area contributed by atoms with Crippen LogP contribution in [0.4, 0.5) is 0 Å². The molecule has 7 nitrogen and oxygen atoms in total. The topological polar surface area (TPSA) is 114 Å². The summed E-state index contributed by atoms with van der Waals surface area (Å²) in [5.41, 5.74) is 2.99. The number of aromatic nitrogens is 2. The van der Waals surface area contributed by atoms with Crippen LogP contribution >= 0.6 is 11.3 Å². The third kappa shape index (κ3) is 4.93. The highest BCUT2D eigenvalue weighted by atomic mass is 32.1. The summed E-state index contributed by atoms with van der Waals surface area (Å²) in [6, 6.07) is 19.9. The van der Waals surface area contributed by atoms with Crippen molar-refractivity contribution in [2.24, 2.45) is 0 Å². The minimum Gasteiger partial charge on any atom is -0.680 e. The minimum absolute atomic E-state index is 0.0180. The van der Waals surface area contributed by atoms with Crippen molar-refractivity contribution < 1.29 is 19.8 Å². The van der Waals surface area contributed by atoms with Gasteiger partial charge in [0.2, 0.25) is 0 Å². The van der Waals surface area contributed by atoms with E-state index in [0.717, 1.165) is 11.1 Å². The Morgan fingerprint density at radius 2 is 1.64 bits per heavy atom. The zero-order valence-corrected chi connectivity index (χ0v) is 21.2. The number of fused-ring (bicyclic) bond motifs is 3. The average molecular weight is 531 g/mol. The van der Waals surface area contributed by atoms with E-state index in [2.05, 4.69) is 57.7 Å². The van der Waals surface area contributed by atoms with Gasteiger partial charge in [-0.15, -0.1) is 11.3 Å². The molecule has 0 radical (unpaired) electrons. The molecule has 1 unspecified atom stereocenters. The summed E-state index contributed by atoms with van der Waals surface area (Å²) in [5, 5.41) is 26.0. The molecule has 3 aromatic heterocycles. The van der Waals surface area contributed by atoms with E-state index in [0.29, 0.717) is 5.69 Å². The summed E-state index contributed by atoms with van der Waals surface area (Å²) in [4.78, 5) is 32.1. The molecule has 8 heteroatoms. The Morgan fingerprint density at radius 1 is 0.846 bits per heavy atom. The van der Waals surface area contributed by atoms with Crippen molar-refractivity contribution in [1.82, 2.24) is 9.97 Å². The van der Waals surface area contributed by atoms with Gasteiger partial charge in [0, 0.05) is 32.1 Å². The number of thiophene rings is 1. The number of nitrogens with zero attached hydrogens (tertiary/aromatic N) is 3. The number of aromatic carboxylic acids is 2. The first-order valence-electron chi connectivity index (χ1n) is 12.1. The molecule has 4 heterocycles. The number of hydrogen-bond acceptors (Lipinski definition) is 5. The normalized spacial score (nSPS) is 15.0. The van der Waals surface area contributed by atoms with Gasteiger partial charge >= 0.3 is 11.9 Å². The predicted octanol–water partition coefficient (Wildman–Crippen LogP) is 7.49.